The molecule has 5 heteroatoms. The highest BCUT2D eigenvalue weighted by Crippen LogP contribution is 2.21. The number of likely N-dealkylation sites (tertiary alicyclic amines) is 1. The van der Waals surface area contributed by atoms with Crippen molar-refractivity contribution in [3.63, 3.8) is 0 Å². The molecule has 1 saturated heterocycles. The number of hydrogen-bond acceptors (Lipinski definition) is 4. The molecule has 5 nitrogen and oxygen atoms in total. The van der Waals surface area contributed by atoms with Gasteiger partial charge in [-0.3, -0.25) is 9.69 Å². The number of aromatic carboxylic acids is 1. The van der Waals surface area contributed by atoms with Gasteiger partial charge in [0, 0.05) is 5.56 Å². The second-order valence-electron chi connectivity index (χ2n) is 5.21. The first-order valence-electron chi connectivity index (χ1n) is 7.37. The highest BCUT2D eigenvalue weighted by Gasteiger charge is 2.18. The molecule has 1 aromatic rings. The Morgan fingerprint density at radius 2 is 1.95 bits per heavy atom. The van der Waals surface area contributed by atoms with Crippen molar-refractivity contribution >= 4 is 11.8 Å². The largest absolute Gasteiger partial charge is 0.493 e. The molecule has 0 radical (unpaired) electrons. The van der Waals surface area contributed by atoms with E-state index in [1.807, 2.05) is 0 Å². The van der Waals surface area contributed by atoms with Gasteiger partial charge in [-0.2, -0.15) is 0 Å². The molecule has 0 amide bonds. The Balaban J connectivity index is 2.13. The van der Waals surface area contributed by atoms with Crippen LogP contribution in [-0.2, 0) is 0 Å². The molecule has 1 aliphatic rings. The molecule has 1 N–H and O–H groups in total. The molecule has 0 unspecified atom stereocenters. The number of carbonyl (C=O) groups excluding carboxylic acids is 1. The van der Waals surface area contributed by atoms with Crippen LogP contribution >= 0.6 is 0 Å². The lowest BCUT2D eigenvalue weighted by Crippen LogP contribution is -2.34. The Morgan fingerprint density at radius 3 is 2.57 bits per heavy atom. The van der Waals surface area contributed by atoms with Crippen molar-refractivity contribution in [1.82, 2.24) is 4.90 Å². The van der Waals surface area contributed by atoms with Crippen LogP contribution in [0.1, 0.15) is 46.9 Å². The van der Waals surface area contributed by atoms with Gasteiger partial charge in [-0.15, -0.1) is 0 Å². The predicted octanol–water partition coefficient (Wildman–Crippen LogP) is 2.45. The van der Waals surface area contributed by atoms with Crippen molar-refractivity contribution in [2.75, 3.05) is 26.2 Å². The Hall–Kier alpha value is -1.88. The van der Waals surface area contributed by atoms with Gasteiger partial charge in [-0.05, 0) is 51.1 Å². The third kappa shape index (κ3) is 4.04. The van der Waals surface area contributed by atoms with Crippen LogP contribution in [0.4, 0.5) is 0 Å². The second-order valence-corrected chi connectivity index (χ2v) is 5.21. The van der Waals surface area contributed by atoms with E-state index in [2.05, 4.69) is 4.90 Å². The fourth-order valence-electron chi connectivity index (χ4n) is 2.56. The fraction of sp³-hybridized carbons (Fsp3) is 0.500. The second kappa shape index (κ2) is 7.22. The van der Waals surface area contributed by atoms with E-state index >= 15 is 0 Å². The van der Waals surface area contributed by atoms with Crippen LogP contribution in [0.5, 0.6) is 5.75 Å². The Bertz CT molecular complexity index is 521. The summed E-state index contributed by atoms with van der Waals surface area (Å²) in [7, 11) is 0. The highest BCUT2D eigenvalue weighted by molar-refractivity contribution is 6.01. The summed E-state index contributed by atoms with van der Waals surface area (Å²) in [4.78, 5) is 25.7. The standard InChI is InChI=1S/C16H21NO4/c1-2-21-15-7-6-12(10-13(15)16(19)20)14(18)11-17-8-4-3-5-9-17/h6-7,10H,2-5,8-9,11H2,1H3,(H,19,20). The fourth-order valence-corrected chi connectivity index (χ4v) is 2.56. The van der Waals surface area contributed by atoms with Crippen LogP contribution in [0.25, 0.3) is 0 Å². The lowest BCUT2D eigenvalue weighted by atomic mass is 10.0. The first kappa shape index (κ1) is 15.5. The van der Waals surface area contributed by atoms with E-state index in [9.17, 15) is 14.7 Å². The number of nitrogens with zero attached hydrogens (tertiary/aromatic N) is 1. The van der Waals surface area contributed by atoms with Crippen LogP contribution in [0, 0.1) is 0 Å². The van der Waals surface area contributed by atoms with Crippen LogP contribution < -0.4 is 4.74 Å². The van der Waals surface area contributed by atoms with Crippen LogP contribution in [0.2, 0.25) is 0 Å². The third-order valence-electron chi connectivity index (χ3n) is 3.65. The first-order chi connectivity index (χ1) is 10.1. The average molecular weight is 291 g/mol. The molecule has 0 aliphatic carbocycles. The molecule has 0 spiro atoms. The van der Waals surface area contributed by atoms with E-state index in [0.29, 0.717) is 24.5 Å². The molecular formula is C16H21NO4. The van der Waals surface area contributed by atoms with Crippen molar-refractivity contribution in [2.24, 2.45) is 0 Å². The molecule has 21 heavy (non-hydrogen) atoms. The number of ether oxygens (including phenoxy) is 1. The van der Waals surface area contributed by atoms with Crippen LogP contribution in [0.15, 0.2) is 18.2 Å². The molecule has 1 fully saturated rings. The highest BCUT2D eigenvalue weighted by atomic mass is 16.5. The third-order valence-corrected chi connectivity index (χ3v) is 3.65. The summed E-state index contributed by atoms with van der Waals surface area (Å²) in [6.45, 7) is 4.42. The molecule has 0 atom stereocenters. The minimum Gasteiger partial charge on any atom is -0.493 e. The van der Waals surface area contributed by atoms with Gasteiger partial charge in [0.05, 0.1) is 13.2 Å². The zero-order chi connectivity index (χ0) is 15.2. The number of carboxylic acid groups (broad SMARTS) is 1. The maximum absolute atomic E-state index is 12.3. The Labute approximate surface area is 124 Å². The summed E-state index contributed by atoms with van der Waals surface area (Å²) >= 11 is 0. The van der Waals surface area contributed by atoms with Gasteiger partial charge in [-0.1, -0.05) is 6.42 Å². The van der Waals surface area contributed by atoms with Crippen molar-refractivity contribution in [3.05, 3.63) is 29.3 Å². The number of hydrogen-bond donors (Lipinski definition) is 1. The van der Waals surface area contributed by atoms with Gasteiger partial charge in [0.15, 0.2) is 5.78 Å². The van der Waals surface area contributed by atoms with Crippen LogP contribution in [-0.4, -0.2) is 48.0 Å². The van der Waals surface area contributed by atoms with E-state index < -0.39 is 5.97 Å². The summed E-state index contributed by atoms with van der Waals surface area (Å²) in [5.74, 6) is -0.812. The Morgan fingerprint density at radius 1 is 1.24 bits per heavy atom. The maximum Gasteiger partial charge on any atom is 0.339 e. The van der Waals surface area contributed by atoms with Gasteiger partial charge >= 0.3 is 5.97 Å². The number of Topliss-reactive ketones (excluding diaryl/α,β-unsaturated/α-hetero) is 1. The Kier molecular flexibility index (Phi) is 5.33. The molecule has 0 aromatic heterocycles. The summed E-state index contributed by atoms with van der Waals surface area (Å²) in [5, 5.41) is 9.22. The normalized spacial score (nSPS) is 15.7. The summed E-state index contributed by atoms with van der Waals surface area (Å²) in [6.07, 6.45) is 3.46. The van der Waals surface area contributed by atoms with Gasteiger partial charge in [0.25, 0.3) is 0 Å². The van der Waals surface area contributed by atoms with Gasteiger partial charge in [-0.25, -0.2) is 4.79 Å². The summed E-state index contributed by atoms with van der Waals surface area (Å²) < 4.78 is 5.28. The van der Waals surface area contributed by atoms with E-state index in [-0.39, 0.29) is 11.3 Å². The quantitative estimate of drug-likeness (QED) is 0.815. The van der Waals surface area contributed by atoms with Gasteiger partial charge < -0.3 is 9.84 Å². The molecule has 2 rings (SSSR count). The number of carbonyl (C=O) groups is 2. The topological polar surface area (TPSA) is 66.8 Å². The zero-order valence-corrected chi connectivity index (χ0v) is 12.3. The maximum atomic E-state index is 12.3. The van der Waals surface area contributed by atoms with Crippen LogP contribution in [0.3, 0.4) is 0 Å². The minimum atomic E-state index is -1.08. The number of carboxylic acids is 1. The molecule has 114 valence electrons. The zero-order valence-electron chi connectivity index (χ0n) is 12.3. The lowest BCUT2D eigenvalue weighted by Gasteiger charge is -2.25. The molecule has 1 aliphatic heterocycles. The molecule has 1 aromatic carbocycles. The SMILES string of the molecule is CCOc1ccc(C(=O)CN2CCCCC2)cc1C(=O)O. The monoisotopic (exact) mass is 291 g/mol. The van der Waals surface area contributed by atoms with Gasteiger partial charge in [0.2, 0.25) is 0 Å². The number of benzene rings is 1. The van der Waals surface area contributed by atoms with Crippen molar-refractivity contribution < 1.29 is 19.4 Å². The average Bonchev–Trinajstić information content (AvgIpc) is 2.48. The summed E-state index contributed by atoms with van der Waals surface area (Å²) in [6, 6.07) is 4.62. The molecular weight excluding hydrogens is 270 g/mol. The van der Waals surface area contributed by atoms with Crippen molar-refractivity contribution in [2.45, 2.75) is 26.2 Å². The van der Waals surface area contributed by atoms with Gasteiger partial charge in [0.1, 0.15) is 11.3 Å². The summed E-state index contributed by atoms with van der Waals surface area (Å²) in [5.41, 5.74) is 0.475. The smallest absolute Gasteiger partial charge is 0.339 e. The molecule has 0 bridgehead atoms. The first-order valence-corrected chi connectivity index (χ1v) is 7.37. The number of ketones is 1. The number of piperidine rings is 1. The lowest BCUT2D eigenvalue weighted by molar-refractivity contribution is 0.0692. The number of rotatable bonds is 6. The molecule has 0 saturated carbocycles. The van der Waals surface area contributed by atoms with E-state index in [0.717, 1.165) is 25.9 Å². The van der Waals surface area contributed by atoms with Crippen molar-refractivity contribution in [3.8, 4) is 5.75 Å². The van der Waals surface area contributed by atoms with Crippen molar-refractivity contribution in [1.29, 1.82) is 0 Å². The predicted molar refractivity (Wildman–Crippen MR) is 79.2 cm³/mol. The van der Waals surface area contributed by atoms with E-state index in [1.54, 1.807) is 19.1 Å². The van der Waals surface area contributed by atoms with E-state index in [1.165, 1.54) is 12.5 Å². The molecule has 1 heterocycles. The minimum absolute atomic E-state index is 0.0394. The van der Waals surface area contributed by atoms with E-state index in [4.69, 9.17) is 4.74 Å².